The van der Waals surface area contributed by atoms with Crippen LogP contribution in [-0.4, -0.2) is 26.3 Å². The van der Waals surface area contributed by atoms with E-state index in [2.05, 4.69) is 26.0 Å². The Morgan fingerprint density at radius 2 is 2.00 bits per heavy atom. The summed E-state index contributed by atoms with van der Waals surface area (Å²) in [6, 6.07) is 8.27. The van der Waals surface area contributed by atoms with Gasteiger partial charge in [-0.05, 0) is 24.0 Å². The molecule has 1 saturated heterocycles. The third-order valence-electron chi connectivity index (χ3n) is 3.87. The van der Waals surface area contributed by atoms with E-state index in [1.165, 1.54) is 12.7 Å². The molecule has 0 radical (unpaired) electrons. The summed E-state index contributed by atoms with van der Waals surface area (Å²) in [5, 5.41) is 0. The van der Waals surface area contributed by atoms with Gasteiger partial charge in [-0.3, -0.25) is 4.79 Å². The Bertz CT molecular complexity index is 432. The van der Waals surface area contributed by atoms with Crippen LogP contribution < -0.4 is 0 Å². The van der Waals surface area contributed by atoms with Crippen molar-refractivity contribution in [2.45, 2.75) is 32.6 Å². The van der Waals surface area contributed by atoms with E-state index in [9.17, 15) is 4.79 Å². The molecule has 1 atom stereocenters. The van der Waals surface area contributed by atoms with Crippen molar-refractivity contribution in [1.29, 1.82) is 0 Å². The molecule has 1 aromatic carbocycles. The van der Waals surface area contributed by atoms with Gasteiger partial charge in [0.05, 0.1) is 26.2 Å². The fourth-order valence-corrected chi connectivity index (χ4v) is 2.53. The largest absolute Gasteiger partial charge is 0.469 e. The maximum absolute atomic E-state index is 12.0. The molecule has 0 N–H and O–H groups in total. The second-order valence-corrected chi connectivity index (χ2v) is 5.68. The minimum atomic E-state index is -0.190. The molecule has 19 heavy (non-hydrogen) atoms. The van der Waals surface area contributed by atoms with Gasteiger partial charge in [0, 0.05) is 5.41 Å². The third-order valence-corrected chi connectivity index (χ3v) is 3.87. The Morgan fingerprint density at radius 1 is 1.37 bits per heavy atom. The highest BCUT2D eigenvalue weighted by atomic mass is 16.5. The highest BCUT2D eigenvalue weighted by Crippen LogP contribution is 2.38. The normalized spacial score (nSPS) is 18.5. The van der Waals surface area contributed by atoms with Gasteiger partial charge in [0.15, 0.2) is 0 Å². The molecule has 1 aromatic rings. The predicted molar refractivity (Wildman–Crippen MR) is 74.1 cm³/mol. The van der Waals surface area contributed by atoms with Crippen molar-refractivity contribution in [2.24, 2.45) is 5.41 Å². The van der Waals surface area contributed by atoms with Crippen molar-refractivity contribution >= 4 is 5.97 Å². The molecule has 0 spiro atoms. The predicted octanol–water partition coefficient (Wildman–Crippen LogP) is 2.93. The van der Waals surface area contributed by atoms with E-state index < -0.39 is 0 Å². The third kappa shape index (κ3) is 3.16. The van der Waals surface area contributed by atoms with Crippen LogP contribution in [-0.2, 0) is 20.7 Å². The summed E-state index contributed by atoms with van der Waals surface area (Å²) in [6.45, 7) is 5.74. The van der Waals surface area contributed by atoms with E-state index in [1.54, 1.807) is 0 Å². The van der Waals surface area contributed by atoms with E-state index in [0.29, 0.717) is 0 Å². The molecule has 0 saturated carbocycles. The fraction of sp³-hybridized carbons (Fsp3) is 0.562. The molecule has 1 aliphatic heterocycles. The van der Waals surface area contributed by atoms with Crippen molar-refractivity contribution < 1.29 is 14.3 Å². The molecule has 1 fully saturated rings. The number of methoxy groups -OCH3 is 1. The van der Waals surface area contributed by atoms with Crippen LogP contribution in [0, 0.1) is 5.41 Å². The fourth-order valence-electron chi connectivity index (χ4n) is 2.53. The van der Waals surface area contributed by atoms with Crippen molar-refractivity contribution in [3.05, 3.63) is 35.4 Å². The quantitative estimate of drug-likeness (QED) is 0.765. The Morgan fingerprint density at radius 3 is 2.42 bits per heavy atom. The Kier molecular flexibility index (Phi) is 4.25. The first-order chi connectivity index (χ1) is 9.08. The van der Waals surface area contributed by atoms with Gasteiger partial charge in [0.25, 0.3) is 0 Å². The zero-order valence-corrected chi connectivity index (χ0v) is 11.9. The zero-order valence-electron chi connectivity index (χ0n) is 11.9. The molecular weight excluding hydrogens is 240 g/mol. The summed E-state index contributed by atoms with van der Waals surface area (Å²) in [4.78, 5) is 12.0. The minimum absolute atomic E-state index is 0.0995. The van der Waals surface area contributed by atoms with Crippen molar-refractivity contribution in [3.8, 4) is 0 Å². The lowest BCUT2D eigenvalue weighted by molar-refractivity contribution is -0.148. The molecule has 1 aliphatic rings. The number of hydrogen-bond acceptors (Lipinski definition) is 3. The second-order valence-electron chi connectivity index (χ2n) is 5.68. The maximum Gasteiger partial charge on any atom is 0.313 e. The Labute approximate surface area is 114 Å². The van der Waals surface area contributed by atoms with E-state index in [-0.39, 0.29) is 17.3 Å². The average Bonchev–Trinajstić information content (AvgIpc) is 2.42. The van der Waals surface area contributed by atoms with Crippen LogP contribution in [0.25, 0.3) is 0 Å². The standard InChI is InChI=1S/C16H22O3/c1-4-12-5-7-13(8-6-12)14(15(17)18-3)9-16(2)10-19-11-16/h5-8,14H,4,9-11H2,1-3H3. The smallest absolute Gasteiger partial charge is 0.313 e. The van der Waals surface area contributed by atoms with Gasteiger partial charge >= 0.3 is 5.97 Å². The average molecular weight is 262 g/mol. The Hall–Kier alpha value is -1.35. The minimum Gasteiger partial charge on any atom is -0.469 e. The molecule has 104 valence electrons. The van der Waals surface area contributed by atoms with Gasteiger partial charge in [0.1, 0.15) is 0 Å². The van der Waals surface area contributed by atoms with Crippen LogP contribution in [0.15, 0.2) is 24.3 Å². The van der Waals surface area contributed by atoms with Crippen LogP contribution in [0.1, 0.15) is 37.3 Å². The molecule has 1 heterocycles. The maximum atomic E-state index is 12.0. The van der Waals surface area contributed by atoms with Crippen molar-refractivity contribution in [2.75, 3.05) is 20.3 Å². The summed E-state index contributed by atoms with van der Waals surface area (Å²) in [5.41, 5.74) is 2.42. The summed E-state index contributed by atoms with van der Waals surface area (Å²) in [5.74, 6) is -0.345. The zero-order chi connectivity index (χ0) is 13.9. The number of benzene rings is 1. The lowest BCUT2D eigenvalue weighted by Crippen LogP contribution is -2.42. The van der Waals surface area contributed by atoms with Crippen LogP contribution >= 0.6 is 0 Å². The van der Waals surface area contributed by atoms with E-state index in [4.69, 9.17) is 9.47 Å². The van der Waals surface area contributed by atoms with Crippen molar-refractivity contribution in [1.82, 2.24) is 0 Å². The van der Waals surface area contributed by atoms with Crippen LogP contribution in [0.2, 0.25) is 0 Å². The van der Waals surface area contributed by atoms with Gasteiger partial charge in [-0.15, -0.1) is 0 Å². The lowest BCUT2D eigenvalue weighted by Gasteiger charge is -2.40. The van der Waals surface area contributed by atoms with Gasteiger partial charge < -0.3 is 9.47 Å². The monoisotopic (exact) mass is 262 g/mol. The van der Waals surface area contributed by atoms with Crippen LogP contribution in [0.5, 0.6) is 0 Å². The first-order valence-electron chi connectivity index (χ1n) is 6.82. The molecule has 3 nitrogen and oxygen atoms in total. The summed E-state index contributed by atoms with van der Waals surface area (Å²) in [7, 11) is 1.45. The van der Waals surface area contributed by atoms with E-state index in [1.807, 2.05) is 12.1 Å². The molecule has 0 amide bonds. The first kappa shape index (κ1) is 14.1. The molecular formula is C16H22O3. The number of carbonyl (C=O) groups is 1. The number of carbonyl (C=O) groups excluding carboxylic acids is 1. The highest BCUT2D eigenvalue weighted by Gasteiger charge is 2.38. The van der Waals surface area contributed by atoms with E-state index >= 15 is 0 Å². The number of aryl methyl sites for hydroxylation is 1. The molecule has 0 aromatic heterocycles. The number of rotatable bonds is 5. The molecule has 0 aliphatic carbocycles. The molecule has 0 bridgehead atoms. The van der Waals surface area contributed by atoms with Gasteiger partial charge in [-0.1, -0.05) is 38.1 Å². The number of hydrogen-bond donors (Lipinski definition) is 0. The number of ether oxygens (including phenoxy) is 2. The lowest BCUT2D eigenvalue weighted by atomic mass is 9.77. The molecule has 1 unspecified atom stereocenters. The summed E-state index contributed by atoms with van der Waals surface area (Å²) < 4.78 is 10.2. The number of esters is 1. The highest BCUT2D eigenvalue weighted by molar-refractivity contribution is 5.78. The van der Waals surface area contributed by atoms with Crippen molar-refractivity contribution in [3.63, 3.8) is 0 Å². The van der Waals surface area contributed by atoms with Gasteiger partial charge in [0.2, 0.25) is 0 Å². The summed E-state index contributed by atoms with van der Waals surface area (Å²) >= 11 is 0. The van der Waals surface area contributed by atoms with E-state index in [0.717, 1.165) is 31.6 Å². The van der Waals surface area contributed by atoms with Crippen LogP contribution in [0.4, 0.5) is 0 Å². The first-order valence-corrected chi connectivity index (χ1v) is 6.82. The Balaban J connectivity index is 2.18. The molecule has 3 heteroatoms. The molecule has 2 rings (SSSR count). The topological polar surface area (TPSA) is 35.5 Å². The van der Waals surface area contributed by atoms with Gasteiger partial charge in [-0.25, -0.2) is 0 Å². The van der Waals surface area contributed by atoms with Gasteiger partial charge in [-0.2, -0.15) is 0 Å². The second kappa shape index (κ2) is 5.74. The summed E-state index contributed by atoms with van der Waals surface area (Å²) in [6.07, 6.45) is 1.79. The van der Waals surface area contributed by atoms with Crippen LogP contribution in [0.3, 0.4) is 0 Å². The SMILES string of the molecule is CCc1ccc(C(CC2(C)COC2)C(=O)OC)cc1.